The van der Waals surface area contributed by atoms with Crippen molar-refractivity contribution in [3.05, 3.63) is 48.6 Å². The zero-order valence-corrected chi connectivity index (χ0v) is 11.7. The highest BCUT2D eigenvalue weighted by molar-refractivity contribution is 5.68. The van der Waals surface area contributed by atoms with E-state index in [2.05, 4.69) is 15.8 Å². The molecule has 0 unspecified atom stereocenters. The van der Waals surface area contributed by atoms with Gasteiger partial charge in [0.1, 0.15) is 11.5 Å². The number of para-hydroxylation sites is 1. The number of hydrogen-bond donors (Lipinski definition) is 4. The van der Waals surface area contributed by atoms with Crippen molar-refractivity contribution in [1.29, 1.82) is 0 Å². The molecule has 6 N–H and O–H groups in total. The third-order valence-corrected chi connectivity index (χ3v) is 2.88. The van der Waals surface area contributed by atoms with Crippen LogP contribution in [0.5, 0.6) is 0 Å². The summed E-state index contributed by atoms with van der Waals surface area (Å²) in [6.45, 7) is 4.08. The average Bonchev–Trinajstić information content (AvgIpc) is 2.82. The molecule has 6 heteroatoms. The normalized spacial score (nSPS) is 11.7. The molecule has 0 aliphatic rings. The van der Waals surface area contributed by atoms with Crippen LogP contribution >= 0.6 is 0 Å². The Kier molecular flexibility index (Phi) is 4.14. The van der Waals surface area contributed by atoms with E-state index in [9.17, 15) is 0 Å². The summed E-state index contributed by atoms with van der Waals surface area (Å²) >= 11 is 0. The van der Waals surface area contributed by atoms with E-state index in [0.29, 0.717) is 17.2 Å². The zero-order valence-electron chi connectivity index (χ0n) is 11.7. The van der Waals surface area contributed by atoms with Gasteiger partial charge in [-0.1, -0.05) is 18.2 Å². The van der Waals surface area contributed by atoms with Crippen molar-refractivity contribution in [3.8, 4) is 0 Å². The van der Waals surface area contributed by atoms with Crippen molar-refractivity contribution in [1.82, 2.24) is 15.0 Å². The lowest BCUT2D eigenvalue weighted by Crippen LogP contribution is -2.17. The smallest absolute Gasteiger partial charge is 0.133 e. The quantitative estimate of drug-likeness (QED) is 0.624. The average molecular weight is 272 g/mol. The molecule has 1 aromatic carbocycles. The summed E-state index contributed by atoms with van der Waals surface area (Å²) < 4.78 is 1.88. The second-order valence-electron chi connectivity index (χ2n) is 4.71. The molecule has 0 saturated heterocycles. The monoisotopic (exact) mass is 272 g/mol. The second kappa shape index (κ2) is 6.01. The zero-order chi connectivity index (χ0) is 14.5. The minimum absolute atomic E-state index is 0.249. The van der Waals surface area contributed by atoms with E-state index in [1.165, 1.54) is 0 Å². The maximum atomic E-state index is 6.02. The Morgan fingerprint density at radius 3 is 2.60 bits per heavy atom. The Bertz CT molecular complexity index is 585. The molecule has 0 atom stereocenters. The first-order valence-electron chi connectivity index (χ1n) is 6.44. The molecule has 0 bridgehead atoms. The van der Waals surface area contributed by atoms with E-state index in [0.717, 1.165) is 5.69 Å². The van der Waals surface area contributed by atoms with E-state index in [1.807, 2.05) is 48.7 Å². The lowest BCUT2D eigenvalue weighted by Gasteiger charge is -2.09. The molecule has 20 heavy (non-hydrogen) atoms. The number of hydrogen-bond acceptors (Lipinski definition) is 5. The summed E-state index contributed by atoms with van der Waals surface area (Å²) in [5, 5.41) is 0. The number of rotatable bonds is 5. The van der Waals surface area contributed by atoms with Gasteiger partial charge in [0, 0.05) is 12.2 Å². The maximum Gasteiger partial charge on any atom is 0.133 e. The number of nitrogen functional groups attached to an aromatic ring is 1. The number of nitrogens with zero attached hydrogens (tertiary/aromatic N) is 2. The number of benzene rings is 1. The topological polar surface area (TPSA) is 93.9 Å². The second-order valence-corrected chi connectivity index (χ2v) is 4.71. The first-order chi connectivity index (χ1) is 9.59. The van der Waals surface area contributed by atoms with Crippen molar-refractivity contribution in [2.75, 3.05) is 11.2 Å². The molecule has 106 valence electrons. The van der Waals surface area contributed by atoms with Crippen LogP contribution in [0.3, 0.4) is 0 Å². The van der Waals surface area contributed by atoms with Gasteiger partial charge in [0.25, 0.3) is 0 Å². The molecule has 2 rings (SSSR count). The van der Waals surface area contributed by atoms with Crippen LogP contribution < -0.4 is 22.3 Å². The molecule has 0 aliphatic carbocycles. The number of hydrazine groups is 1. The fourth-order valence-electron chi connectivity index (χ4n) is 1.79. The third kappa shape index (κ3) is 3.03. The van der Waals surface area contributed by atoms with Gasteiger partial charge in [0.15, 0.2) is 0 Å². The van der Waals surface area contributed by atoms with Gasteiger partial charge in [-0.15, -0.1) is 0 Å². The largest absolute Gasteiger partial charge is 0.396 e. The van der Waals surface area contributed by atoms with Crippen LogP contribution in [0.2, 0.25) is 0 Å². The molecular formula is C14H20N6. The lowest BCUT2D eigenvalue weighted by atomic mass is 10.3. The molecule has 0 spiro atoms. The fourth-order valence-corrected chi connectivity index (χ4v) is 1.79. The van der Waals surface area contributed by atoms with Gasteiger partial charge in [-0.05, 0) is 26.0 Å². The molecule has 0 aliphatic heterocycles. The predicted molar refractivity (Wildman–Crippen MR) is 82.4 cm³/mol. The highest BCUT2D eigenvalue weighted by Crippen LogP contribution is 2.19. The third-order valence-electron chi connectivity index (χ3n) is 2.88. The Morgan fingerprint density at radius 2 is 2.00 bits per heavy atom. The summed E-state index contributed by atoms with van der Waals surface area (Å²) in [4.78, 5) is 4.24. The standard InChI is InChI=1S/C14H20N6/c1-10(2)20-9-17-13(14(20)16)12(15)8-18-19-11-6-4-3-5-7-11/h3-10,18-19H,15-16H2,1-2H3/b12-8-. The maximum absolute atomic E-state index is 6.02. The number of aromatic nitrogens is 2. The van der Waals surface area contributed by atoms with Crippen LogP contribution in [0.25, 0.3) is 5.70 Å². The first kappa shape index (κ1) is 13.8. The molecule has 0 saturated carbocycles. The highest BCUT2D eigenvalue weighted by atomic mass is 15.3. The van der Waals surface area contributed by atoms with E-state index in [-0.39, 0.29) is 6.04 Å². The summed E-state index contributed by atoms with van der Waals surface area (Å²) in [7, 11) is 0. The van der Waals surface area contributed by atoms with Gasteiger partial charge >= 0.3 is 0 Å². The molecule has 1 heterocycles. The van der Waals surface area contributed by atoms with Gasteiger partial charge in [0.05, 0.1) is 17.7 Å². The molecule has 2 aromatic rings. The van der Waals surface area contributed by atoms with E-state index in [4.69, 9.17) is 11.5 Å². The summed E-state index contributed by atoms with van der Waals surface area (Å²) in [6, 6.07) is 9.98. The van der Waals surface area contributed by atoms with Crippen LogP contribution in [-0.2, 0) is 0 Å². The van der Waals surface area contributed by atoms with Gasteiger partial charge in [-0.2, -0.15) is 0 Å². The van der Waals surface area contributed by atoms with Gasteiger partial charge in [-0.25, -0.2) is 4.98 Å². The van der Waals surface area contributed by atoms with Crippen molar-refractivity contribution in [2.45, 2.75) is 19.9 Å². The Morgan fingerprint density at radius 1 is 1.30 bits per heavy atom. The predicted octanol–water partition coefficient (Wildman–Crippen LogP) is 1.92. The molecule has 0 amide bonds. The number of nitrogens with one attached hydrogen (secondary N) is 2. The van der Waals surface area contributed by atoms with Crippen LogP contribution in [0.15, 0.2) is 42.9 Å². The minimum Gasteiger partial charge on any atom is -0.396 e. The van der Waals surface area contributed by atoms with Crippen molar-refractivity contribution >= 4 is 17.2 Å². The van der Waals surface area contributed by atoms with Crippen molar-refractivity contribution in [2.24, 2.45) is 5.73 Å². The van der Waals surface area contributed by atoms with Crippen LogP contribution in [0.1, 0.15) is 25.6 Å². The van der Waals surface area contributed by atoms with E-state index in [1.54, 1.807) is 12.5 Å². The Balaban J connectivity index is 2.04. The molecular weight excluding hydrogens is 252 g/mol. The van der Waals surface area contributed by atoms with Gasteiger partial charge < -0.3 is 26.9 Å². The van der Waals surface area contributed by atoms with E-state index < -0.39 is 0 Å². The molecule has 0 fully saturated rings. The number of anilines is 2. The molecule has 1 aromatic heterocycles. The molecule has 6 nitrogen and oxygen atoms in total. The Hall–Kier alpha value is -2.63. The van der Waals surface area contributed by atoms with Crippen LogP contribution in [0, 0.1) is 0 Å². The lowest BCUT2D eigenvalue weighted by molar-refractivity contribution is 0.607. The fraction of sp³-hybridized carbons (Fsp3) is 0.214. The molecule has 0 radical (unpaired) electrons. The Labute approximate surface area is 118 Å². The number of nitrogens with two attached hydrogens (primary N) is 2. The number of imidazole rings is 1. The van der Waals surface area contributed by atoms with E-state index >= 15 is 0 Å². The summed E-state index contributed by atoms with van der Waals surface area (Å²) in [5.41, 5.74) is 19.9. The van der Waals surface area contributed by atoms with Gasteiger partial charge in [0.2, 0.25) is 0 Å². The van der Waals surface area contributed by atoms with Crippen molar-refractivity contribution in [3.63, 3.8) is 0 Å². The summed E-state index contributed by atoms with van der Waals surface area (Å²) in [5.74, 6) is 0.565. The summed E-state index contributed by atoms with van der Waals surface area (Å²) in [6.07, 6.45) is 3.33. The first-order valence-corrected chi connectivity index (χ1v) is 6.44. The van der Waals surface area contributed by atoms with Crippen molar-refractivity contribution < 1.29 is 0 Å². The minimum atomic E-state index is 0.249. The van der Waals surface area contributed by atoms with Crippen LogP contribution in [0.4, 0.5) is 11.5 Å². The SMILES string of the molecule is CC(C)n1cnc(/C(N)=C/NNc2ccccc2)c1N. The highest BCUT2D eigenvalue weighted by Gasteiger charge is 2.11. The van der Waals surface area contributed by atoms with Gasteiger partial charge in [-0.3, -0.25) is 0 Å². The van der Waals surface area contributed by atoms with Crippen LogP contribution in [-0.4, -0.2) is 9.55 Å².